The van der Waals surface area contributed by atoms with E-state index in [2.05, 4.69) is 52.1 Å². The minimum Gasteiger partial charge on any atom is -0.385 e. The SMILES string of the molecule is COCCC1CN(C(=O)CC2Cc3ccccc3C2)Cc2cccn2C1. The number of hydrogen-bond donors (Lipinski definition) is 0. The number of hydrogen-bond acceptors (Lipinski definition) is 2. The Hall–Kier alpha value is -2.07. The van der Waals surface area contributed by atoms with Crippen LogP contribution in [0.4, 0.5) is 0 Å². The van der Waals surface area contributed by atoms with Crippen molar-refractivity contribution in [2.24, 2.45) is 11.8 Å². The third kappa shape index (κ3) is 3.70. The molecule has 138 valence electrons. The van der Waals surface area contributed by atoms with Gasteiger partial charge in [0.25, 0.3) is 0 Å². The van der Waals surface area contributed by atoms with Crippen molar-refractivity contribution in [3.8, 4) is 0 Å². The monoisotopic (exact) mass is 352 g/mol. The zero-order chi connectivity index (χ0) is 17.9. The van der Waals surface area contributed by atoms with Gasteiger partial charge in [0.05, 0.1) is 6.54 Å². The first-order valence-electron chi connectivity index (χ1n) is 9.70. The van der Waals surface area contributed by atoms with Crippen molar-refractivity contribution in [3.05, 3.63) is 59.4 Å². The summed E-state index contributed by atoms with van der Waals surface area (Å²) in [6.07, 6.45) is 5.87. The Kier molecular flexibility index (Phi) is 5.11. The van der Waals surface area contributed by atoms with Crippen LogP contribution >= 0.6 is 0 Å². The molecular formula is C22H28N2O2. The van der Waals surface area contributed by atoms with E-state index in [1.165, 1.54) is 16.8 Å². The Balaban J connectivity index is 1.43. The van der Waals surface area contributed by atoms with Gasteiger partial charge in [-0.2, -0.15) is 0 Å². The summed E-state index contributed by atoms with van der Waals surface area (Å²) < 4.78 is 7.59. The molecule has 4 heteroatoms. The molecule has 0 N–H and O–H groups in total. The van der Waals surface area contributed by atoms with Gasteiger partial charge in [0.15, 0.2) is 0 Å². The fourth-order valence-electron chi connectivity index (χ4n) is 4.51. The molecule has 1 atom stereocenters. The van der Waals surface area contributed by atoms with Gasteiger partial charge in [-0.15, -0.1) is 0 Å². The second-order valence-electron chi connectivity index (χ2n) is 7.82. The highest BCUT2D eigenvalue weighted by Crippen LogP contribution is 2.30. The fraction of sp³-hybridized carbons (Fsp3) is 0.500. The van der Waals surface area contributed by atoms with Gasteiger partial charge >= 0.3 is 0 Å². The molecule has 1 unspecified atom stereocenters. The quantitative estimate of drug-likeness (QED) is 0.828. The molecule has 1 aromatic carbocycles. The van der Waals surface area contributed by atoms with Crippen LogP contribution in [0, 0.1) is 11.8 Å². The molecule has 1 aliphatic heterocycles. The number of ether oxygens (including phenoxy) is 1. The van der Waals surface area contributed by atoms with Gasteiger partial charge in [-0.1, -0.05) is 24.3 Å². The highest BCUT2D eigenvalue weighted by molar-refractivity contribution is 5.76. The third-order valence-electron chi connectivity index (χ3n) is 5.89. The van der Waals surface area contributed by atoms with E-state index < -0.39 is 0 Å². The first-order valence-corrected chi connectivity index (χ1v) is 9.70. The highest BCUT2D eigenvalue weighted by atomic mass is 16.5. The number of carbonyl (C=O) groups excluding carboxylic acids is 1. The van der Waals surface area contributed by atoms with Crippen LogP contribution in [0.2, 0.25) is 0 Å². The third-order valence-corrected chi connectivity index (χ3v) is 5.89. The first-order chi connectivity index (χ1) is 12.7. The van der Waals surface area contributed by atoms with Gasteiger partial charge in [-0.05, 0) is 54.4 Å². The van der Waals surface area contributed by atoms with E-state index in [1.54, 1.807) is 7.11 Å². The van der Waals surface area contributed by atoms with E-state index in [-0.39, 0.29) is 0 Å². The molecule has 1 aliphatic carbocycles. The number of nitrogens with zero attached hydrogens (tertiary/aromatic N) is 2. The van der Waals surface area contributed by atoms with E-state index >= 15 is 0 Å². The van der Waals surface area contributed by atoms with Crippen LogP contribution in [0.5, 0.6) is 0 Å². The topological polar surface area (TPSA) is 34.5 Å². The molecule has 1 amide bonds. The molecule has 0 saturated heterocycles. The average molecular weight is 352 g/mol. The lowest BCUT2D eigenvalue weighted by Crippen LogP contribution is -2.35. The van der Waals surface area contributed by atoms with Gasteiger partial charge in [-0.3, -0.25) is 4.79 Å². The summed E-state index contributed by atoms with van der Waals surface area (Å²) >= 11 is 0. The summed E-state index contributed by atoms with van der Waals surface area (Å²) in [7, 11) is 1.75. The molecule has 0 saturated carbocycles. The van der Waals surface area contributed by atoms with Crippen LogP contribution in [-0.4, -0.2) is 35.6 Å². The van der Waals surface area contributed by atoms with Crippen molar-refractivity contribution in [3.63, 3.8) is 0 Å². The first kappa shape index (κ1) is 17.3. The van der Waals surface area contributed by atoms with E-state index in [1.807, 2.05) is 0 Å². The van der Waals surface area contributed by atoms with Gasteiger partial charge in [0.1, 0.15) is 0 Å². The lowest BCUT2D eigenvalue weighted by atomic mass is 10.0. The number of rotatable bonds is 5. The van der Waals surface area contributed by atoms with Crippen LogP contribution < -0.4 is 0 Å². The van der Waals surface area contributed by atoms with Gasteiger partial charge in [-0.25, -0.2) is 0 Å². The van der Waals surface area contributed by atoms with Crippen LogP contribution in [0.1, 0.15) is 29.7 Å². The van der Waals surface area contributed by atoms with Crippen molar-refractivity contribution < 1.29 is 9.53 Å². The molecule has 2 aliphatic rings. The van der Waals surface area contributed by atoms with Crippen molar-refractivity contribution in [2.45, 2.75) is 38.8 Å². The minimum absolute atomic E-state index is 0.305. The Morgan fingerprint density at radius 2 is 1.85 bits per heavy atom. The van der Waals surface area contributed by atoms with Crippen LogP contribution in [0.15, 0.2) is 42.6 Å². The maximum absolute atomic E-state index is 13.1. The van der Waals surface area contributed by atoms with Crippen molar-refractivity contribution >= 4 is 5.91 Å². The maximum atomic E-state index is 13.1. The zero-order valence-electron chi connectivity index (χ0n) is 15.6. The number of fused-ring (bicyclic) bond motifs is 2. The van der Waals surface area contributed by atoms with Crippen molar-refractivity contribution in [1.29, 1.82) is 0 Å². The van der Waals surface area contributed by atoms with Crippen LogP contribution in [0.3, 0.4) is 0 Å². The molecule has 4 nitrogen and oxygen atoms in total. The van der Waals surface area contributed by atoms with E-state index in [0.29, 0.717) is 24.2 Å². The highest BCUT2D eigenvalue weighted by Gasteiger charge is 2.28. The Morgan fingerprint density at radius 1 is 1.08 bits per heavy atom. The zero-order valence-corrected chi connectivity index (χ0v) is 15.6. The second kappa shape index (κ2) is 7.67. The number of amides is 1. The fourth-order valence-corrected chi connectivity index (χ4v) is 4.51. The minimum atomic E-state index is 0.305. The molecule has 4 rings (SSSR count). The lowest BCUT2D eigenvalue weighted by molar-refractivity contribution is -0.133. The summed E-state index contributed by atoms with van der Waals surface area (Å²) in [5.74, 6) is 1.21. The Morgan fingerprint density at radius 3 is 2.58 bits per heavy atom. The van der Waals surface area contributed by atoms with Gasteiger partial charge < -0.3 is 14.2 Å². The van der Waals surface area contributed by atoms with Gasteiger partial charge in [0.2, 0.25) is 5.91 Å². The molecular weight excluding hydrogens is 324 g/mol. The standard InChI is InChI=1S/C22H28N2O2/c1-26-10-8-17-14-23-9-4-7-21(23)16-24(15-17)22(25)13-18-11-19-5-2-3-6-20(19)12-18/h2-7,9,17-18H,8,10-16H2,1H3. The Labute approximate surface area is 155 Å². The molecule has 0 bridgehead atoms. The van der Waals surface area contributed by atoms with Crippen molar-refractivity contribution in [1.82, 2.24) is 9.47 Å². The predicted octanol–water partition coefficient (Wildman–Crippen LogP) is 3.29. The largest absolute Gasteiger partial charge is 0.385 e. The summed E-state index contributed by atoms with van der Waals surface area (Å²) in [5, 5.41) is 0. The Bertz CT molecular complexity index is 742. The summed E-state index contributed by atoms with van der Waals surface area (Å²) in [4.78, 5) is 15.2. The average Bonchev–Trinajstić information content (AvgIpc) is 3.20. The lowest BCUT2D eigenvalue weighted by Gasteiger charge is -2.25. The van der Waals surface area contributed by atoms with E-state index in [9.17, 15) is 4.79 Å². The molecule has 0 radical (unpaired) electrons. The molecule has 0 fully saturated rings. The van der Waals surface area contributed by atoms with Crippen molar-refractivity contribution in [2.75, 3.05) is 20.3 Å². The summed E-state index contributed by atoms with van der Waals surface area (Å²) in [5.41, 5.74) is 4.09. The summed E-state index contributed by atoms with van der Waals surface area (Å²) in [6, 6.07) is 12.9. The molecule has 1 aromatic heterocycles. The van der Waals surface area contributed by atoms with Gasteiger partial charge in [0, 0.05) is 45.1 Å². The number of carbonyl (C=O) groups is 1. The molecule has 2 heterocycles. The molecule has 2 aromatic rings. The van der Waals surface area contributed by atoms with Crippen LogP contribution in [0.25, 0.3) is 0 Å². The van der Waals surface area contributed by atoms with Crippen LogP contribution in [-0.2, 0) is 35.5 Å². The maximum Gasteiger partial charge on any atom is 0.223 e. The van der Waals surface area contributed by atoms with E-state index in [0.717, 1.165) is 45.5 Å². The normalized spacial score (nSPS) is 19.9. The predicted molar refractivity (Wildman–Crippen MR) is 102 cm³/mol. The second-order valence-corrected chi connectivity index (χ2v) is 7.82. The van der Waals surface area contributed by atoms with E-state index in [4.69, 9.17) is 4.74 Å². The number of aromatic nitrogens is 1. The number of benzene rings is 1. The molecule has 0 spiro atoms. The summed E-state index contributed by atoms with van der Waals surface area (Å²) in [6.45, 7) is 3.30. The smallest absolute Gasteiger partial charge is 0.223 e. The number of methoxy groups -OCH3 is 1. The molecule has 26 heavy (non-hydrogen) atoms.